The van der Waals surface area contributed by atoms with Crippen molar-refractivity contribution in [1.82, 2.24) is 10.2 Å². The Balaban J connectivity index is 1.63. The lowest BCUT2D eigenvalue weighted by atomic mass is 9.73. The molecule has 1 aromatic carbocycles. The molecule has 29 heavy (non-hydrogen) atoms. The number of rotatable bonds is 8. The van der Waals surface area contributed by atoms with Crippen molar-refractivity contribution >= 4 is 17.8 Å². The first-order valence-corrected chi connectivity index (χ1v) is 10.3. The van der Waals surface area contributed by atoms with Gasteiger partial charge in [0, 0.05) is 32.0 Å². The number of hydrogen-bond donors (Lipinski definition) is 1. The molecule has 1 aromatic rings. The van der Waals surface area contributed by atoms with Crippen LogP contribution in [0.5, 0.6) is 0 Å². The molecule has 1 aliphatic heterocycles. The van der Waals surface area contributed by atoms with Gasteiger partial charge in [0.1, 0.15) is 5.82 Å². The zero-order valence-electron chi connectivity index (χ0n) is 16.9. The molecule has 158 valence electrons. The third-order valence-electron chi connectivity index (χ3n) is 6.00. The highest BCUT2D eigenvalue weighted by molar-refractivity contribution is 5.88. The second kappa shape index (κ2) is 9.37. The van der Waals surface area contributed by atoms with E-state index in [1.54, 1.807) is 23.1 Å². The Morgan fingerprint density at radius 2 is 1.86 bits per heavy atom. The minimum absolute atomic E-state index is 0.0910. The Morgan fingerprint density at radius 1 is 1.17 bits per heavy atom. The van der Waals surface area contributed by atoms with Crippen LogP contribution in [0.4, 0.5) is 4.39 Å². The molecule has 1 N–H and O–H groups in total. The smallest absolute Gasteiger partial charge is 0.305 e. The van der Waals surface area contributed by atoms with E-state index in [4.69, 9.17) is 0 Å². The summed E-state index contributed by atoms with van der Waals surface area (Å²) in [6.07, 6.45) is 5.26. The molecule has 2 aliphatic rings. The molecule has 0 atom stereocenters. The normalized spacial score (nSPS) is 18.2. The van der Waals surface area contributed by atoms with E-state index < -0.39 is 5.41 Å². The van der Waals surface area contributed by atoms with Crippen LogP contribution in [0.1, 0.15) is 50.5 Å². The highest BCUT2D eigenvalue weighted by Crippen LogP contribution is 2.36. The van der Waals surface area contributed by atoms with Crippen molar-refractivity contribution in [3.63, 3.8) is 0 Å². The van der Waals surface area contributed by atoms with E-state index in [9.17, 15) is 18.8 Å². The van der Waals surface area contributed by atoms with Gasteiger partial charge in [-0.15, -0.1) is 0 Å². The molecular formula is C22H29FN2O4. The molecule has 3 rings (SSSR count). The molecule has 0 spiro atoms. The van der Waals surface area contributed by atoms with Crippen LogP contribution >= 0.6 is 0 Å². The maximum absolute atomic E-state index is 14.2. The first kappa shape index (κ1) is 21.3. The number of carbonyl (C=O) groups excluding carboxylic acids is 3. The molecule has 6 nitrogen and oxygen atoms in total. The van der Waals surface area contributed by atoms with E-state index in [0.29, 0.717) is 12.0 Å². The van der Waals surface area contributed by atoms with Crippen LogP contribution in [0.25, 0.3) is 0 Å². The fraction of sp³-hybridized carbons (Fsp3) is 0.591. The summed E-state index contributed by atoms with van der Waals surface area (Å²) in [5.74, 6) is -0.854. The topological polar surface area (TPSA) is 75.7 Å². The summed E-state index contributed by atoms with van der Waals surface area (Å²) in [6, 6.07) is 6.65. The number of carbonyl (C=O) groups is 3. The molecule has 2 fully saturated rings. The molecule has 1 saturated carbocycles. The minimum atomic E-state index is -0.803. The summed E-state index contributed by atoms with van der Waals surface area (Å²) in [5, 5.41) is 3.13. The lowest BCUT2D eigenvalue weighted by Crippen LogP contribution is -2.66. The zero-order valence-corrected chi connectivity index (χ0v) is 16.9. The standard InChI is InChI=1S/C22H29FN2O4/c1-29-20(27)12-6-11-19(26)25-14-22(15-25,13-16-7-2-5-10-18(16)23)21(28)24-17-8-3-4-9-17/h2,5,7,10,17H,3-4,6,8-9,11-15H2,1H3,(H,24,28). The van der Waals surface area contributed by atoms with Crippen molar-refractivity contribution in [2.75, 3.05) is 20.2 Å². The van der Waals surface area contributed by atoms with Crippen molar-refractivity contribution in [2.24, 2.45) is 5.41 Å². The number of esters is 1. The number of likely N-dealkylation sites (tertiary alicyclic amines) is 1. The Hall–Kier alpha value is -2.44. The quantitative estimate of drug-likeness (QED) is 0.676. The second-order valence-electron chi connectivity index (χ2n) is 8.18. The maximum atomic E-state index is 14.2. The average Bonchev–Trinajstić information content (AvgIpc) is 3.18. The van der Waals surface area contributed by atoms with Crippen LogP contribution in [0.2, 0.25) is 0 Å². The van der Waals surface area contributed by atoms with Crippen molar-refractivity contribution in [3.8, 4) is 0 Å². The number of nitrogens with zero attached hydrogens (tertiary/aromatic N) is 1. The molecule has 2 amide bonds. The summed E-state index contributed by atoms with van der Waals surface area (Å²) in [4.78, 5) is 38.4. The van der Waals surface area contributed by atoms with Crippen LogP contribution in [-0.4, -0.2) is 48.9 Å². The van der Waals surface area contributed by atoms with Crippen molar-refractivity contribution < 1.29 is 23.5 Å². The molecule has 1 heterocycles. The SMILES string of the molecule is COC(=O)CCCC(=O)N1CC(Cc2ccccc2F)(C(=O)NC2CCCC2)C1. The highest BCUT2D eigenvalue weighted by Gasteiger charge is 2.51. The van der Waals surface area contributed by atoms with Crippen molar-refractivity contribution in [2.45, 2.75) is 57.4 Å². The first-order chi connectivity index (χ1) is 13.9. The van der Waals surface area contributed by atoms with Crippen LogP contribution < -0.4 is 5.32 Å². The highest BCUT2D eigenvalue weighted by atomic mass is 19.1. The van der Waals surface area contributed by atoms with E-state index in [2.05, 4.69) is 10.1 Å². The van der Waals surface area contributed by atoms with E-state index in [0.717, 1.165) is 25.7 Å². The third kappa shape index (κ3) is 5.14. The van der Waals surface area contributed by atoms with Gasteiger partial charge in [-0.3, -0.25) is 14.4 Å². The van der Waals surface area contributed by atoms with Crippen molar-refractivity contribution in [3.05, 3.63) is 35.6 Å². The Kier molecular flexibility index (Phi) is 6.87. The minimum Gasteiger partial charge on any atom is -0.469 e. The van der Waals surface area contributed by atoms with E-state index in [-0.39, 0.29) is 62.0 Å². The van der Waals surface area contributed by atoms with Crippen molar-refractivity contribution in [1.29, 1.82) is 0 Å². The average molecular weight is 404 g/mol. The van der Waals surface area contributed by atoms with Crippen LogP contribution in [0.3, 0.4) is 0 Å². The Labute approximate surface area is 170 Å². The molecule has 7 heteroatoms. The van der Waals surface area contributed by atoms with Gasteiger partial charge in [-0.2, -0.15) is 0 Å². The van der Waals surface area contributed by atoms with E-state index >= 15 is 0 Å². The number of hydrogen-bond acceptors (Lipinski definition) is 4. The van der Waals surface area contributed by atoms with Gasteiger partial charge < -0.3 is 15.0 Å². The summed E-state index contributed by atoms with van der Waals surface area (Å²) < 4.78 is 18.8. The molecule has 0 aromatic heterocycles. The third-order valence-corrected chi connectivity index (χ3v) is 6.00. The number of methoxy groups -OCH3 is 1. The number of nitrogens with one attached hydrogen (secondary N) is 1. The summed E-state index contributed by atoms with van der Waals surface area (Å²) in [6.45, 7) is 0.549. The lowest BCUT2D eigenvalue weighted by Gasteiger charge is -2.49. The monoisotopic (exact) mass is 404 g/mol. The maximum Gasteiger partial charge on any atom is 0.305 e. The Morgan fingerprint density at radius 3 is 2.52 bits per heavy atom. The van der Waals surface area contributed by atoms with Gasteiger partial charge >= 0.3 is 5.97 Å². The number of amides is 2. The summed E-state index contributed by atoms with van der Waals surface area (Å²) in [5.41, 5.74) is -0.310. The van der Waals surface area contributed by atoms with Gasteiger partial charge in [0.25, 0.3) is 0 Å². The molecule has 0 bridgehead atoms. The van der Waals surface area contributed by atoms with Gasteiger partial charge in [-0.25, -0.2) is 4.39 Å². The predicted octanol–water partition coefficient (Wildman–Crippen LogP) is 2.60. The Bertz CT molecular complexity index is 755. The predicted molar refractivity (Wildman–Crippen MR) is 105 cm³/mol. The molecule has 1 saturated heterocycles. The van der Waals surface area contributed by atoms with Gasteiger partial charge in [-0.1, -0.05) is 31.0 Å². The number of halogens is 1. The van der Waals surface area contributed by atoms with Gasteiger partial charge in [0.2, 0.25) is 11.8 Å². The first-order valence-electron chi connectivity index (χ1n) is 10.3. The summed E-state index contributed by atoms with van der Waals surface area (Å²) >= 11 is 0. The van der Waals surface area contributed by atoms with Crippen LogP contribution in [0, 0.1) is 11.2 Å². The van der Waals surface area contributed by atoms with Gasteiger partial charge in [0.05, 0.1) is 12.5 Å². The van der Waals surface area contributed by atoms with E-state index in [1.807, 2.05) is 0 Å². The second-order valence-corrected chi connectivity index (χ2v) is 8.18. The number of benzene rings is 1. The molecule has 0 unspecified atom stereocenters. The molecule has 1 aliphatic carbocycles. The van der Waals surface area contributed by atoms with Gasteiger partial charge in [0.15, 0.2) is 0 Å². The largest absolute Gasteiger partial charge is 0.469 e. The summed E-state index contributed by atoms with van der Waals surface area (Å²) in [7, 11) is 1.32. The van der Waals surface area contributed by atoms with Crippen LogP contribution in [0.15, 0.2) is 24.3 Å². The zero-order chi connectivity index (χ0) is 20.9. The lowest BCUT2D eigenvalue weighted by molar-refractivity contribution is -0.154. The van der Waals surface area contributed by atoms with Gasteiger partial charge in [-0.05, 0) is 37.3 Å². The molecular weight excluding hydrogens is 375 g/mol. The fourth-order valence-corrected chi connectivity index (χ4v) is 4.26. The van der Waals surface area contributed by atoms with E-state index in [1.165, 1.54) is 13.2 Å². The fourth-order valence-electron chi connectivity index (χ4n) is 4.26. The molecule has 0 radical (unpaired) electrons. The van der Waals surface area contributed by atoms with Crippen LogP contribution in [-0.2, 0) is 25.5 Å². The number of ether oxygens (including phenoxy) is 1.